The third-order valence-electron chi connectivity index (χ3n) is 9.10. The van der Waals surface area contributed by atoms with Gasteiger partial charge in [-0.15, -0.1) is 0 Å². The molecule has 0 saturated carbocycles. The number of nitrogens with zero attached hydrogens (tertiary/aromatic N) is 8. The van der Waals surface area contributed by atoms with Gasteiger partial charge in [0.2, 0.25) is 5.79 Å². The zero-order valence-electron chi connectivity index (χ0n) is 27.6. The molecule has 0 bridgehead atoms. The predicted molar refractivity (Wildman–Crippen MR) is 189 cm³/mol. The molecule has 2 aliphatic heterocycles. The molecule has 0 amide bonds. The van der Waals surface area contributed by atoms with E-state index >= 15 is 0 Å². The van der Waals surface area contributed by atoms with Crippen molar-refractivity contribution in [3.63, 3.8) is 0 Å². The van der Waals surface area contributed by atoms with E-state index in [2.05, 4.69) is 37.1 Å². The van der Waals surface area contributed by atoms with Gasteiger partial charge in [0.1, 0.15) is 50.0 Å². The van der Waals surface area contributed by atoms with E-state index in [1.54, 1.807) is 36.1 Å². The molecular weight excluding hydrogens is 683 g/mol. The Morgan fingerprint density at radius 1 is 0.940 bits per heavy atom. The lowest BCUT2D eigenvalue weighted by Gasteiger charge is -2.37. The first-order chi connectivity index (χ1) is 24.2. The molecule has 2 aliphatic rings. The first-order valence-electron chi connectivity index (χ1n) is 16.3. The largest absolute Gasteiger partial charge is 0.491 e. The van der Waals surface area contributed by atoms with Crippen LogP contribution >= 0.6 is 23.2 Å². The lowest BCUT2D eigenvalue weighted by atomic mass is 10.1. The molecule has 1 unspecified atom stereocenters. The van der Waals surface area contributed by atoms with E-state index in [4.69, 9.17) is 37.4 Å². The lowest BCUT2D eigenvalue weighted by Crippen LogP contribution is -2.46. The van der Waals surface area contributed by atoms with Crippen LogP contribution in [0, 0.1) is 0 Å². The molecule has 0 aliphatic carbocycles. The summed E-state index contributed by atoms with van der Waals surface area (Å²) in [5, 5.41) is 9.31. The average Bonchev–Trinajstić information content (AvgIpc) is 3.88. The normalized spacial score (nSPS) is 19.9. The number of ketones is 1. The number of carbonyl (C=O) groups excluding carboxylic acids is 1. The van der Waals surface area contributed by atoms with Crippen LogP contribution in [0.25, 0.3) is 5.69 Å². The van der Waals surface area contributed by atoms with Gasteiger partial charge in [-0.2, -0.15) is 10.2 Å². The highest BCUT2D eigenvalue weighted by molar-refractivity contribution is 6.35. The van der Waals surface area contributed by atoms with E-state index in [1.165, 1.54) is 28.8 Å². The molecule has 5 aromatic rings. The van der Waals surface area contributed by atoms with Crippen LogP contribution in [0.5, 0.6) is 5.75 Å². The van der Waals surface area contributed by atoms with Crippen molar-refractivity contribution >= 4 is 40.4 Å². The first-order valence-corrected chi connectivity index (χ1v) is 17.0. The number of hydrogen-bond acceptors (Lipinski definition) is 10. The third-order valence-corrected chi connectivity index (χ3v) is 9.64. The van der Waals surface area contributed by atoms with Gasteiger partial charge in [0.15, 0.2) is 5.78 Å². The summed E-state index contributed by atoms with van der Waals surface area (Å²) < 4.78 is 23.1. The molecule has 3 atom stereocenters. The fourth-order valence-electron chi connectivity index (χ4n) is 6.20. The minimum absolute atomic E-state index is 0.119. The molecule has 7 rings (SSSR count). The van der Waals surface area contributed by atoms with Crippen LogP contribution in [-0.4, -0.2) is 80.4 Å². The predicted octanol–water partition coefficient (Wildman–Crippen LogP) is 4.76. The summed E-state index contributed by atoms with van der Waals surface area (Å²) >= 11 is 12.7. The van der Waals surface area contributed by atoms with Crippen molar-refractivity contribution in [3.05, 3.63) is 112 Å². The van der Waals surface area contributed by atoms with Gasteiger partial charge in [0.05, 0.1) is 17.3 Å². The second kappa shape index (κ2) is 14.3. The lowest BCUT2D eigenvalue weighted by molar-refractivity contribution is -0.190. The summed E-state index contributed by atoms with van der Waals surface area (Å²) in [5.41, 5.74) is 3.22. The van der Waals surface area contributed by atoms with Crippen molar-refractivity contribution in [2.24, 2.45) is 0 Å². The maximum Gasteiger partial charge on any atom is 0.351 e. The van der Waals surface area contributed by atoms with Crippen LogP contribution in [0.15, 0.2) is 90.5 Å². The molecule has 4 heterocycles. The number of Topliss-reactive ketones (excluding diaryl/α,β-unsaturated/α-hetero) is 1. The van der Waals surface area contributed by atoms with E-state index in [-0.39, 0.29) is 30.7 Å². The summed E-state index contributed by atoms with van der Waals surface area (Å²) in [6, 6.07) is 20.5. The van der Waals surface area contributed by atoms with Gasteiger partial charge in [-0.1, -0.05) is 29.3 Å². The fraction of sp³-hybridized carbons (Fsp3) is 0.343. The van der Waals surface area contributed by atoms with Crippen molar-refractivity contribution in [2.75, 3.05) is 49.2 Å². The Morgan fingerprint density at radius 3 is 2.22 bits per heavy atom. The van der Waals surface area contributed by atoms with Crippen molar-refractivity contribution in [1.82, 2.24) is 29.1 Å². The molecule has 2 fully saturated rings. The average molecular weight is 720 g/mol. The Balaban J connectivity index is 0.925. The smallest absolute Gasteiger partial charge is 0.351 e. The van der Waals surface area contributed by atoms with E-state index in [0.717, 1.165) is 43.3 Å². The summed E-state index contributed by atoms with van der Waals surface area (Å²) in [6.07, 6.45) is 4.17. The monoisotopic (exact) mass is 718 g/mol. The van der Waals surface area contributed by atoms with Crippen LogP contribution in [0.4, 0.5) is 11.4 Å². The maximum atomic E-state index is 12.8. The van der Waals surface area contributed by atoms with E-state index < -0.39 is 11.8 Å². The summed E-state index contributed by atoms with van der Waals surface area (Å²) in [5.74, 6) is -0.558. The first kappa shape index (κ1) is 33.8. The summed E-state index contributed by atoms with van der Waals surface area (Å²) in [4.78, 5) is 33.2. The fourth-order valence-corrected chi connectivity index (χ4v) is 6.76. The Hall–Kier alpha value is -4.69. The van der Waals surface area contributed by atoms with Crippen LogP contribution in [0.1, 0.15) is 25.5 Å². The van der Waals surface area contributed by atoms with Crippen LogP contribution in [0.2, 0.25) is 10.0 Å². The van der Waals surface area contributed by atoms with Gasteiger partial charge in [0.25, 0.3) is 0 Å². The molecule has 13 nitrogen and oxygen atoms in total. The van der Waals surface area contributed by atoms with Crippen molar-refractivity contribution < 1.29 is 19.0 Å². The number of ether oxygens (including phenoxy) is 3. The number of piperazine rings is 1. The Bertz CT molecular complexity index is 1990. The Kier molecular flexibility index (Phi) is 9.65. The highest BCUT2D eigenvalue weighted by atomic mass is 35.5. The van der Waals surface area contributed by atoms with E-state index in [9.17, 15) is 9.59 Å². The molecule has 260 valence electrons. The van der Waals surface area contributed by atoms with Gasteiger partial charge in [0, 0.05) is 48.1 Å². The zero-order valence-corrected chi connectivity index (χ0v) is 29.1. The Morgan fingerprint density at radius 2 is 1.60 bits per heavy atom. The topological polar surface area (TPSA) is 122 Å². The molecule has 15 heteroatoms. The standard InChI is InChI=1S/C35H36Cl2N8O5/c1-24(25(2)46)45-34(47)44(23-40-45)29-6-4-27(5-7-29)41-13-15-42(16-14-41)28-8-10-30(11-9-28)48-18-31-19-49-35(50-31,20-43-22-38-21-39-43)32-12-3-26(36)17-33(32)37/h3-12,17,21-24,31H,13-16,18-20H2,1-2H3/t24?,31-,35-/m0/s1. The van der Waals surface area contributed by atoms with Crippen molar-refractivity contribution in [3.8, 4) is 11.4 Å². The second-order valence-electron chi connectivity index (χ2n) is 12.3. The van der Waals surface area contributed by atoms with Crippen LogP contribution in [-0.2, 0) is 26.6 Å². The molecule has 50 heavy (non-hydrogen) atoms. The molecule has 2 aromatic heterocycles. The van der Waals surface area contributed by atoms with Gasteiger partial charge in [-0.3, -0.25) is 4.79 Å². The number of carbonyl (C=O) groups is 1. The van der Waals surface area contributed by atoms with Crippen molar-refractivity contribution in [2.45, 2.75) is 38.3 Å². The zero-order chi connectivity index (χ0) is 34.8. The molecule has 0 spiro atoms. The molecule has 0 N–H and O–H groups in total. The Labute approximate surface area is 298 Å². The quantitative estimate of drug-likeness (QED) is 0.189. The molecule has 2 saturated heterocycles. The van der Waals surface area contributed by atoms with Crippen molar-refractivity contribution in [1.29, 1.82) is 0 Å². The molecule has 0 radical (unpaired) electrons. The highest BCUT2D eigenvalue weighted by Crippen LogP contribution is 2.40. The molecular formula is C35H36Cl2N8O5. The van der Waals surface area contributed by atoms with Gasteiger partial charge < -0.3 is 24.0 Å². The third kappa shape index (κ3) is 6.99. The second-order valence-corrected chi connectivity index (χ2v) is 13.2. The van der Waals surface area contributed by atoms with Crippen LogP contribution < -0.4 is 20.2 Å². The van der Waals surface area contributed by atoms with Gasteiger partial charge in [-0.05, 0) is 74.5 Å². The summed E-state index contributed by atoms with van der Waals surface area (Å²) in [6.45, 7) is 7.37. The van der Waals surface area contributed by atoms with E-state index in [1.807, 2.05) is 36.4 Å². The van der Waals surface area contributed by atoms with Crippen LogP contribution in [0.3, 0.4) is 0 Å². The number of benzene rings is 3. The number of rotatable bonds is 11. The minimum Gasteiger partial charge on any atom is -0.491 e. The SMILES string of the molecule is CC(=O)C(C)n1ncn(-c2ccc(N3CCN(c4ccc(OC[C@H]5CO[C@](Cn6cncn6)(c6ccc(Cl)cc6Cl)O5)cc4)CC3)cc2)c1=O. The highest BCUT2D eigenvalue weighted by Gasteiger charge is 2.45. The molecule has 3 aromatic carbocycles. The summed E-state index contributed by atoms with van der Waals surface area (Å²) in [7, 11) is 0. The maximum absolute atomic E-state index is 12.8. The number of anilines is 2. The van der Waals surface area contributed by atoms with Gasteiger partial charge in [-0.25, -0.2) is 23.7 Å². The van der Waals surface area contributed by atoms with Gasteiger partial charge >= 0.3 is 5.69 Å². The van der Waals surface area contributed by atoms with E-state index in [0.29, 0.717) is 27.9 Å². The minimum atomic E-state index is -1.17. The number of aromatic nitrogens is 6. The number of halogens is 2. The number of hydrogen-bond donors (Lipinski definition) is 0.